The van der Waals surface area contributed by atoms with Gasteiger partial charge in [0, 0.05) is 17.0 Å². The number of fused-ring (bicyclic) bond motifs is 5. The molecule has 0 saturated carbocycles. The van der Waals surface area contributed by atoms with Gasteiger partial charge in [0.2, 0.25) is 0 Å². The quantitative estimate of drug-likeness (QED) is 0.383. The number of hydrogen-bond acceptors (Lipinski definition) is 5. The Bertz CT molecular complexity index is 1600. The van der Waals surface area contributed by atoms with Crippen LogP contribution in [0.3, 0.4) is 0 Å². The van der Waals surface area contributed by atoms with Crippen molar-refractivity contribution in [3.63, 3.8) is 0 Å². The Morgan fingerprint density at radius 2 is 1.89 bits per heavy atom. The van der Waals surface area contributed by atoms with Gasteiger partial charge in [0.15, 0.2) is 0 Å². The van der Waals surface area contributed by atoms with Crippen LogP contribution < -0.4 is 5.56 Å². The van der Waals surface area contributed by atoms with Crippen LogP contribution in [0.4, 0.5) is 4.39 Å². The Balaban J connectivity index is 1.56. The first-order chi connectivity index (χ1) is 17.4. The fraction of sp³-hybridized carbons (Fsp3) is 0.276. The summed E-state index contributed by atoms with van der Waals surface area (Å²) in [4.78, 5) is 30.6. The third kappa shape index (κ3) is 3.54. The molecule has 1 N–H and O–H groups in total. The van der Waals surface area contributed by atoms with Gasteiger partial charge < -0.3 is 14.4 Å². The lowest BCUT2D eigenvalue weighted by Crippen LogP contribution is -2.32. The largest absolute Gasteiger partial charge is 0.460 e. The number of cyclic esters (lactones) is 1. The molecule has 4 aromatic rings. The first kappa shape index (κ1) is 22.6. The smallest absolute Gasteiger partial charge is 0.309 e. The second-order valence-corrected chi connectivity index (χ2v) is 9.60. The first-order valence-corrected chi connectivity index (χ1v) is 12.2. The van der Waals surface area contributed by atoms with Crippen molar-refractivity contribution < 1.29 is 19.0 Å². The predicted molar refractivity (Wildman–Crippen MR) is 133 cm³/mol. The van der Waals surface area contributed by atoms with Crippen molar-refractivity contribution in [1.29, 1.82) is 0 Å². The lowest BCUT2D eigenvalue weighted by atomic mass is 9.85. The number of carbonyl (C=O) groups is 1. The fourth-order valence-electron chi connectivity index (χ4n) is 5.54. The van der Waals surface area contributed by atoms with Crippen LogP contribution in [-0.4, -0.2) is 20.6 Å². The van der Waals surface area contributed by atoms with Gasteiger partial charge in [-0.3, -0.25) is 9.59 Å². The van der Waals surface area contributed by atoms with Crippen LogP contribution in [0.1, 0.15) is 47.6 Å². The molecule has 0 saturated heterocycles. The number of hydrogen-bond donors (Lipinski definition) is 1. The molecular weight excluding hydrogens is 459 g/mol. The van der Waals surface area contributed by atoms with Crippen molar-refractivity contribution >= 4 is 16.9 Å². The molecule has 6 rings (SSSR count). The highest BCUT2D eigenvalue weighted by Crippen LogP contribution is 2.40. The highest BCUT2D eigenvalue weighted by molar-refractivity contribution is 5.88. The van der Waals surface area contributed by atoms with E-state index in [0.29, 0.717) is 41.0 Å². The second-order valence-electron chi connectivity index (χ2n) is 9.60. The van der Waals surface area contributed by atoms with E-state index in [2.05, 4.69) is 12.1 Å². The molecule has 0 amide bonds. The number of aliphatic hydroxyl groups is 1. The van der Waals surface area contributed by atoms with Crippen LogP contribution >= 0.6 is 0 Å². The van der Waals surface area contributed by atoms with Crippen LogP contribution in [0.5, 0.6) is 0 Å². The number of aryl methyl sites for hydroxylation is 2. The van der Waals surface area contributed by atoms with Crippen molar-refractivity contribution in [3.05, 3.63) is 98.6 Å². The molecule has 0 radical (unpaired) electrons. The molecule has 6 nitrogen and oxygen atoms in total. The van der Waals surface area contributed by atoms with Gasteiger partial charge in [-0.05, 0) is 54.2 Å². The molecule has 182 valence electrons. The summed E-state index contributed by atoms with van der Waals surface area (Å²) in [6.07, 6.45) is 1.53. The summed E-state index contributed by atoms with van der Waals surface area (Å²) in [5.74, 6) is -0.916. The monoisotopic (exact) mass is 484 g/mol. The molecule has 0 spiro atoms. The molecule has 2 aromatic heterocycles. The summed E-state index contributed by atoms with van der Waals surface area (Å²) in [5, 5.41) is 12.2. The van der Waals surface area contributed by atoms with Crippen molar-refractivity contribution in [2.45, 2.75) is 51.4 Å². The minimum Gasteiger partial charge on any atom is -0.460 e. The van der Waals surface area contributed by atoms with Crippen molar-refractivity contribution in [3.8, 4) is 11.4 Å². The fourth-order valence-corrected chi connectivity index (χ4v) is 5.54. The third-order valence-electron chi connectivity index (χ3n) is 7.53. The Labute approximate surface area is 207 Å². The van der Waals surface area contributed by atoms with E-state index < -0.39 is 11.6 Å². The van der Waals surface area contributed by atoms with E-state index in [4.69, 9.17) is 9.72 Å². The number of esters is 1. The Morgan fingerprint density at radius 3 is 2.67 bits per heavy atom. The number of halogens is 1. The highest BCUT2D eigenvalue weighted by atomic mass is 19.1. The Morgan fingerprint density at radius 1 is 1.08 bits per heavy atom. The lowest BCUT2D eigenvalue weighted by molar-refractivity contribution is -0.149. The topological polar surface area (TPSA) is 81.4 Å². The molecule has 0 aliphatic carbocycles. The van der Waals surface area contributed by atoms with Gasteiger partial charge in [0.05, 0.1) is 35.4 Å². The van der Waals surface area contributed by atoms with Crippen molar-refractivity contribution in [1.82, 2.24) is 9.55 Å². The van der Waals surface area contributed by atoms with E-state index in [0.717, 1.165) is 22.9 Å². The second kappa shape index (κ2) is 8.38. The van der Waals surface area contributed by atoms with E-state index >= 15 is 0 Å². The maximum absolute atomic E-state index is 14.2. The van der Waals surface area contributed by atoms with Gasteiger partial charge in [-0.1, -0.05) is 37.3 Å². The molecule has 2 aromatic carbocycles. The van der Waals surface area contributed by atoms with Gasteiger partial charge in [-0.15, -0.1) is 0 Å². The molecule has 4 heterocycles. The molecule has 2 aliphatic heterocycles. The summed E-state index contributed by atoms with van der Waals surface area (Å²) < 4.78 is 21.1. The third-order valence-corrected chi connectivity index (χ3v) is 7.53. The van der Waals surface area contributed by atoms with Gasteiger partial charge in [-0.2, -0.15) is 0 Å². The van der Waals surface area contributed by atoms with E-state index in [-0.39, 0.29) is 30.8 Å². The first-order valence-electron chi connectivity index (χ1n) is 12.2. The highest BCUT2D eigenvalue weighted by Gasteiger charge is 2.39. The van der Waals surface area contributed by atoms with Gasteiger partial charge in [0.1, 0.15) is 18.0 Å². The van der Waals surface area contributed by atoms with Gasteiger partial charge in [-0.25, -0.2) is 9.37 Å². The minimum atomic E-state index is -1.50. The maximum Gasteiger partial charge on any atom is 0.309 e. The number of ether oxygens (including phenoxy) is 1. The average molecular weight is 485 g/mol. The average Bonchev–Trinajstić information content (AvgIpc) is 3.18. The van der Waals surface area contributed by atoms with E-state index in [1.54, 1.807) is 23.6 Å². The summed E-state index contributed by atoms with van der Waals surface area (Å²) >= 11 is 0. The lowest BCUT2D eigenvalue weighted by Gasteiger charge is -2.26. The number of rotatable bonds is 4. The Kier molecular flexibility index (Phi) is 5.26. The molecule has 36 heavy (non-hydrogen) atoms. The normalized spacial score (nSPS) is 18.4. The number of nitrogens with zero attached hydrogens (tertiary/aromatic N) is 2. The van der Waals surface area contributed by atoms with Crippen molar-refractivity contribution in [2.24, 2.45) is 0 Å². The number of aromatic nitrogens is 2. The zero-order valence-corrected chi connectivity index (χ0v) is 19.9. The van der Waals surface area contributed by atoms with Crippen LogP contribution in [0.2, 0.25) is 0 Å². The van der Waals surface area contributed by atoms with Crippen LogP contribution in [0.25, 0.3) is 22.3 Å². The summed E-state index contributed by atoms with van der Waals surface area (Å²) in [6.45, 7) is 1.92. The van der Waals surface area contributed by atoms with Gasteiger partial charge in [0.25, 0.3) is 5.56 Å². The van der Waals surface area contributed by atoms with Crippen LogP contribution in [-0.2, 0) is 41.1 Å². The van der Waals surface area contributed by atoms with Crippen molar-refractivity contribution in [2.75, 3.05) is 0 Å². The standard InChI is InChI=1S/C29H25FN2O4/c1-2-29(35)14-26(33)36-16-22-23(29)13-25-27-21(15-32(25)28(22)34)19(10-8-17-6-4-3-5-7-17)20-11-9-18(30)12-24(20)31-27/h3-7,9,11-13,35H,2,8,10,14-16H2,1H3/t29-/m1/s1. The van der Waals surface area contributed by atoms with E-state index in [1.165, 1.54) is 17.7 Å². The maximum atomic E-state index is 14.2. The minimum absolute atomic E-state index is 0.173. The molecule has 0 fully saturated rings. The molecule has 2 aliphatic rings. The zero-order valence-electron chi connectivity index (χ0n) is 19.9. The molecule has 0 bridgehead atoms. The summed E-state index contributed by atoms with van der Waals surface area (Å²) in [6, 6.07) is 16.5. The van der Waals surface area contributed by atoms with Gasteiger partial charge >= 0.3 is 5.97 Å². The summed E-state index contributed by atoms with van der Waals surface area (Å²) in [5.41, 5.74) is 3.77. The van der Waals surface area contributed by atoms with E-state index in [9.17, 15) is 19.1 Å². The van der Waals surface area contributed by atoms with Crippen LogP contribution in [0.15, 0.2) is 59.4 Å². The van der Waals surface area contributed by atoms with Crippen LogP contribution in [0, 0.1) is 5.82 Å². The molecular formula is C29H25FN2O4. The molecule has 0 unspecified atom stereocenters. The van der Waals surface area contributed by atoms with E-state index in [1.807, 2.05) is 18.2 Å². The number of benzene rings is 2. The summed E-state index contributed by atoms with van der Waals surface area (Å²) in [7, 11) is 0. The molecule has 7 heteroatoms. The zero-order chi connectivity index (χ0) is 25.0. The Hall–Kier alpha value is -3.84. The predicted octanol–water partition coefficient (Wildman–Crippen LogP) is 4.39. The SMILES string of the molecule is CC[C@@]1(O)CC(=O)OCc2c1cc1n(c2=O)Cc2c-1nc1cc(F)ccc1c2CCc1ccccc1. The number of carbonyl (C=O) groups excluding carboxylic acids is 1. The molecule has 1 atom stereocenters. The number of pyridine rings is 2.